The average molecular weight is 322 g/mol. The Balaban J connectivity index is 5.40. The van der Waals surface area contributed by atoms with Gasteiger partial charge >= 0.3 is 14.0 Å². The molecule has 0 aromatic rings. The molecule has 0 aromatic heterocycles. The SMILES string of the molecule is CCOP(=O)(OCC)O/C(CC(C)C)=C(/F)C(F)(F)F. The topological polar surface area (TPSA) is 44.8 Å². The highest BCUT2D eigenvalue weighted by Gasteiger charge is 2.41. The maximum atomic E-state index is 13.3. The summed E-state index contributed by atoms with van der Waals surface area (Å²) in [5.41, 5.74) is 0. The summed E-state index contributed by atoms with van der Waals surface area (Å²) in [6.07, 6.45) is -5.59. The number of rotatable bonds is 8. The summed E-state index contributed by atoms with van der Waals surface area (Å²) in [6, 6.07) is 0. The first-order valence-electron chi connectivity index (χ1n) is 6.10. The van der Waals surface area contributed by atoms with Crippen LogP contribution in [0.4, 0.5) is 17.6 Å². The van der Waals surface area contributed by atoms with Crippen molar-refractivity contribution < 1.29 is 35.7 Å². The summed E-state index contributed by atoms with van der Waals surface area (Å²) in [7, 11) is -4.25. The monoisotopic (exact) mass is 322 g/mol. The quantitative estimate of drug-likeness (QED) is 0.359. The van der Waals surface area contributed by atoms with Gasteiger partial charge in [-0.05, 0) is 19.8 Å². The Labute approximate surface area is 115 Å². The van der Waals surface area contributed by atoms with Gasteiger partial charge in [0.2, 0.25) is 5.83 Å². The predicted molar refractivity (Wildman–Crippen MR) is 65.6 cm³/mol. The summed E-state index contributed by atoms with van der Waals surface area (Å²) in [4.78, 5) is 0. The van der Waals surface area contributed by atoms with E-state index in [-0.39, 0.29) is 25.6 Å². The lowest BCUT2D eigenvalue weighted by molar-refractivity contribution is -0.112. The lowest BCUT2D eigenvalue weighted by Crippen LogP contribution is -2.14. The number of halogens is 4. The largest absolute Gasteiger partial charge is 0.529 e. The van der Waals surface area contributed by atoms with E-state index in [2.05, 4.69) is 13.6 Å². The van der Waals surface area contributed by atoms with Gasteiger partial charge in [-0.3, -0.25) is 9.05 Å². The molecule has 0 N–H and O–H groups in total. The van der Waals surface area contributed by atoms with Gasteiger partial charge in [-0.1, -0.05) is 13.8 Å². The predicted octanol–water partition coefficient (Wildman–Crippen LogP) is 4.97. The molecule has 0 atom stereocenters. The molecule has 0 radical (unpaired) electrons. The van der Waals surface area contributed by atoms with Crippen LogP contribution in [0.5, 0.6) is 0 Å². The van der Waals surface area contributed by atoms with E-state index < -0.39 is 25.6 Å². The van der Waals surface area contributed by atoms with Crippen molar-refractivity contribution in [3.8, 4) is 0 Å². The minimum Gasteiger partial charge on any atom is -0.405 e. The lowest BCUT2D eigenvalue weighted by Gasteiger charge is -2.21. The third-order valence-electron chi connectivity index (χ3n) is 1.88. The minimum absolute atomic E-state index is 0.111. The van der Waals surface area contributed by atoms with Crippen LogP contribution >= 0.6 is 7.82 Å². The maximum Gasteiger partial charge on any atom is 0.529 e. The zero-order valence-corrected chi connectivity index (χ0v) is 12.7. The van der Waals surface area contributed by atoms with Crippen molar-refractivity contribution in [2.45, 2.75) is 40.3 Å². The van der Waals surface area contributed by atoms with Crippen molar-refractivity contribution in [1.29, 1.82) is 0 Å². The van der Waals surface area contributed by atoms with E-state index in [0.29, 0.717) is 0 Å². The van der Waals surface area contributed by atoms with Crippen LogP contribution in [0.15, 0.2) is 11.6 Å². The molecule has 0 aliphatic heterocycles. The third-order valence-corrected chi connectivity index (χ3v) is 3.48. The van der Waals surface area contributed by atoms with Crippen molar-refractivity contribution in [2.75, 3.05) is 13.2 Å². The first-order valence-corrected chi connectivity index (χ1v) is 7.56. The van der Waals surface area contributed by atoms with E-state index in [1.54, 1.807) is 13.8 Å². The van der Waals surface area contributed by atoms with Gasteiger partial charge in [0, 0.05) is 6.42 Å². The summed E-state index contributed by atoms with van der Waals surface area (Å²) in [6.45, 7) is 5.83. The smallest absolute Gasteiger partial charge is 0.405 e. The Bertz CT molecular complexity index is 369. The molecule has 0 aliphatic carbocycles. The van der Waals surface area contributed by atoms with E-state index in [9.17, 15) is 22.1 Å². The Kier molecular flexibility index (Phi) is 7.76. The van der Waals surface area contributed by atoms with Gasteiger partial charge in [0.05, 0.1) is 13.2 Å². The van der Waals surface area contributed by atoms with Crippen LogP contribution in [0, 0.1) is 5.92 Å². The van der Waals surface area contributed by atoms with Crippen LogP contribution < -0.4 is 0 Å². The highest BCUT2D eigenvalue weighted by atomic mass is 31.2. The van der Waals surface area contributed by atoms with E-state index in [4.69, 9.17) is 0 Å². The summed E-state index contributed by atoms with van der Waals surface area (Å²) < 4.78 is 76.6. The molecular formula is C11H19F4O4P. The summed E-state index contributed by atoms with van der Waals surface area (Å²) in [5, 5.41) is 0. The number of hydrogen-bond acceptors (Lipinski definition) is 4. The highest BCUT2D eigenvalue weighted by molar-refractivity contribution is 7.48. The second-order valence-electron chi connectivity index (χ2n) is 4.21. The standard InChI is InChI=1S/C11H19F4O4P/c1-5-17-20(16,18-6-2)19-9(7-8(3)4)10(12)11(13,14)15/h8H,5-7H2,1-4H3/b10-9+. The molecule has 0 amide bonds. The molecule has 4 nitrogen and oxygen atoms in total. The Morgan fingerprint density at radius 2 is 1.60 bits per heavy atom. The number of allylic oxidation sites excluding steroid dienone is 2. The zero-order valence-electron chi connectivity index (χ0n) is 11.8. The fourth-order valence-corrected chi connectivity index (χ4v) is 2.47. The Morgan fingerprint density at radius 3 is 1.90 bits per heavy atom. The average Bonchev–Trinajstić information content (AvgIpc) is 2.25. The van der Waals surface area contributed by atoms with Crippen molar-refractivity contribution in [2.24, 2.45) is 5.92 Å². The van der Waals surface area contributed by atoms with Gasteiger partial charge in [-0.15, -0.1) is 0 Å². The molecule has 0 heterocycles. The van der Waals surface area contributed by atoms with Crippen LogP contribution in [0.1, 0.15) is 34.1 Å². The van der Waals surface area contributed by atoms with Crippen LogP contribution in [0.2, 0.25) is 0 Å². The van der Waals surface area contributed by atoms with Gasteiger partial charge in [-0.25, -0.2) is 4.57 Å². The van der Waals surface area contributed by atoms with E-state index in [1.165, 1.54) is 13.8 Å². The van der Waals surface area contributed by atoms with E-state index in [1.807, 2.05) is 0 Å². The third kappa shape index (κ3) is 6.72. The molecule has 9 heteroatoms. The van der Waals surface area contributed by atoms with Gasteiger partial charge in [0.15, 0.2) is 0 Å². The van der Waals surface area contributed by atoms with E-state index >= 15 is 0 Å². The molecule has 0 aromatic carbocycles. The molecule has 0 aliphatic rings. The Morgan fingerprint density at radius 1 is 1.15 bits per heavy atom. The number of phosphoric acid groups is 1. The maximum absolute atomic E-state index is 13.3. The second kappa shape index (κ2) is 8.00. The molecule has 0 saturated heterocycles. The number of hydrogen-bond donors (Lipinski definition) is 0. The fraction of sp³-hybridized carbons (Fsp3) is 0.818. The van der Waals surface area contributed by atoms with Crippen molar-refractivity contribution in [3.63, 3.8) is 0 Å². The van der Waals surface area contributed by atoms with Crippen LogP contribution in [0.3, 0.4) is 0 Å². The molecule has 0 saturated carbocycles. The van der Waals surface area contributed by atoms with Crippen molar-refractivity contribution >= 4 is 7.82 Å². The van der Waals surface area contributed by atoms with Gasteiger partial charge in [0.1, 0.15) is 5.76 Å². The van der Waals surface area contributed by atoms with E-state index in [0.717, 1.165) is 0 Å². The molecule has 0 rings (SSSR count). The van der Waals surface area contributed by atoms with Gasteiger partial charge < -0.3 is 4.52 Å². The molecule has 0 spiro atoms. The van der Waals surface area contributed by atoms with Crippen molar-refractivity contribution in [1.82, 2.24) is 0 Å². The summed E-state index contributed by atoms with van der Waals surface area (Å²) >= 11 is 0. The molecule has 120 valence electrons. The highest BCUT2D eigenvalue weighted by Crippen LogP contribution is 2.53. The fourth-order valence-electron chi connectivity index (χ4n) is 1.24. The molecular weight excluding hydrogens is 303 g/mol. The van der Waals surface area contributed by atoms with Crippen molar-refractivity contribution in [3.05, 3.63) is 11.6 Å². The lowest BCUT2D eigenvalue weighted by atomic mass is 10.1. The molecule has 0 bridgehead atoms. The first kappa shape index (κ1) is 19.4. The normalized spacial score (nSPS) is 14.4. The molecule has 0 fully saturated rings. The summed E-state index contributed by atoms with van der Waals surface area (Å²) in [5.74, 6) is -3.83. The van der Waals surface area contributed by atoms with Crippen LogP contribution in [-0.4, -0.2) is 19.4 Å². The number of phosphoric ester groups is 1. The minimum atomic E-state index is -5.21. The van der Waals surface area contributed by atoms with Gasteiger partial charge in [0.25, 0.3) is 0 Å². The van der Waals surface area contributed by atoms with Crippen LogP contribution in [-0.2, 0) is 18.1 Å². The first-order chi connectivity index (χ1) is 9.05. The van der Waals surface area contributed by atoms with Crippen LogP contribution in [0.25, 0.3) is 0 Å². The zero-order chi connectivity index (χ0) is 16.0. The number of alkyl halides is 3. The Hall–Kier alpha value is -0.590. The second-order valence-corrected chi connectivity index (χ2v) is 5.80. The van der Waals surface area contributed by atoms with Gasteiger partial charge in [-0.2, -0.15) is 17.6 Å². The molecule has 0 unspecified atom stereocenters. The molecule has 20 heavy (non-hydrogen) atoms.